The Morgan fingerprint density at radius 1 is 0.964 bits per heavy atom. The minimum absolute atomic E-state index is 0.128. The molecule has 0 aliphatic carbocycles. The van der Waals surface area contributed by atoms with Gasteiger partial charge in [-0.2, -0.15) is 11.8 Å². The molecule has 0 aliphatic heterocycles. The number of hydrogen-bond donors (Lipinski definition) is 7. The third kappa shape index (κ3) is 9.53. The largest absolute Gasteiger partial charge is 0.480 e. The Kier molecular flexibility index (Phi) is 11.8. The van der Waals surface area contributed by atoms with Gasteiger partial charge in [-0.15, -0.1) is 0 Å². The SMILES string of the molecule is CSCCC(NC(=O)C(CC(N)=O)NC(=O)C(CO)NC(=O)C(C)N)C(=O)O. The van der Waals surface area contributed by atoms with Crippen LogP contribution in [-0.2, 0) is 24.0 Å². The van der Waals surface area contributed by atoms with Crippen molar-refractivity contribution in [1.29, 1.82) is 0 Å². The molecule has 4 amide bonds. The lowest BCUT2D eigenvalue weighted by Gasteiger charge is -2.23. The number of rotatable bonds is 13. The monoisotopic (exact) mass is 421 g/mol. The van der Waals surface area contributed by atoms with Crippen molar-refractivity contribution in [2.45, 2.75) is 43.9 Å². The van der Waals surface area contributed by atoms with Crippen LogP contribution in [0.1, 0.15) is 19.8 Å². The number of aliphatic hydroxyl groups excluding tert-OH is 1. The minimum atomic E-state index is -1.48. The molecule has 28 heavy (non-hydrogen) atoms. The van der Waals surface area contributed by atoms with Crippen LogP contribution < -0.4 is 27.4 Å². The van der Waals surface area contributed by atoms with Crippen LogP contribution in [0.5, 0.6) is 0 Å². The summed E-state index contributed by atoms with van der Waals surface area (Å²) in [5.41, 5.74) is 10.5. The van der Waals surface area contributed by atoms with E-state index in [9.17, 15) is 34.2 Å². The highest BCUT2D eigenvalue weighted by Gasteiger charge is 2.30. The van der Waals surface area contributed by atoms with Crippen molar-refractivity contribution >= 4 is 41.4 Å². The second-order valence-corrected chi connectivity index (χ2v) is 6.93. The van der Waals surface area contributed by atoms with Crippen LogP contribution in [0.3, 0.4) is 0 Å². The second-order valence-electron chi connectivity index (χ2n) is 5.94. The van der Waals surface area contributed by atoms with Gasteiger partial charge in [0.2, 0.25) is 23.6 Å². The summed E-state index contributed by atoms with van der Waals surface area (Å²) in [5.74, 6) is -4.35. The number of carboxylic acids is 1. The Labute approximate surface area is 166 Å². The summed E-state index contributed by atoms with van der Waals surface area (Å²) in [6.07, 6.45) is 1.29. The summed E-state index contributed by atoms with van der Waals surface area (Å²) in [6.45, 7) is 0.576. The van der Waals surface area contributed by atoms with E-state index in [1.54, 1.807) is 6.26 Å². The lowest BCUT2D eigenvalue weighted by molar-refractivity contribution is -0.142. The molecule has 4 atom stereocenters. The maximum Gasteiger partial charge on any atom is 0.326 e. The number of amides is 4. The van der Waals surface area contributed by atoms with Crippen LogP contribution in [0.15, 0.2) is 0 Å². The molecule has 12 nitrogen and oxygen atoms in total. The number of nitrogens with one attached hydrogen (secondary N) is 3. The third-order valence-corrected chi connectivity index (χ3v) is 4.14. The number of carbonyl (C=O) groups is 5. The first-order chi connectivity index (χ1) is 13.0. The van der Waals surface area contributed by atoms with E-state index in [-0.39, 0.29) is 6.42 Å². The maximum atomic E-state index is 12.4. The molecule has 0 saturated carbocycles. The van der Waals surface area contributed by atoms with Crippen LogP contribution in [0.25, 0.3) is 0 Å². The van der Waals surface area contributed by atoms with Crippen molar-refractivity contribution in [3.05, 3.63) is 0 Å². The fourth-order valence-corrected chi connectivity index (χ4v) is 2.42. The van der Waals surface area contributed by atoms with Crippen molar-refractivity contribution in [3.63, 3.8) is 0 Å². The quantitative estimate of drug-likeness (QED) is 0.157. The summed E-state index contributed by atoms with van der Waals surface area (Å²) in [5, 5.41) is 25.1. The Balaban J connectivity index is 5.20. The summed E-state index contributed by atoms with van der Waals surface area (Å²) >= 11 is 1.38. The van der Waals surface area contributed by atoms with E-state index in [2.05, 4.69) is 16.0 Å². The number of carboxylic acid groups (broad SMARTS) is 1. The van der Waals surface area contributed by atoms with E-state index in [1.807, 2.05) is 0 Å². The molecular weight excluding hydrogens is 394 g/mol. The molecule has 4 unspecified atom stereocenters. The van der Waals surface area contributed by atoms with Gasteiger partial charge in [-0.3, -0.25) is 19.2 Å². The number of hydrogen-bond acceptors (Lipinski definition) is 8. The lowest BCUT2D eigenvalue weighted by Crippen LogP contribution is -2.58. The average molecular weight is 421 g/mol. The molecule has 0 saturated heterocycles. The van der Waals surface area contributed by atoms with Gasteiger partial charge in [-0.05, 0) is 25.4 Å². The highest BCUT2D eigenvalue weighted by atomic mass is 32.2. The van der Waals surface area contributed by atoms with Gasteiger partial charge >= 0.3 is 5.97 Å². The van der Waals surface area contributed by atoms with Crippen LogP contribution in [0.4, 0.5) is 0 Å². The zero-order valence-corrected chi connectivity index (χ0v) is 16.5. The van der Waals surface area contributed by atoms with Gasteiger partial charge in [0.05, 0.1) is 19.1 Å². The van der Waals surface area contributed by atoms with Crippen molar-refractivity contribution in [2.24, 2.45) is 11.5 Å². The molecule has 0 heterocycles. The highest BCUT2D eigenvalue weighted by Crippen LogP contribution is 2.03. The molecule has 9 N–H and O–H groups in total. The van der Waals surface area contributed by atoms with E-state index in [0.29, 0.717) is 5.75 Å². The first kappa shape index (κ1) is 25.6. The predicted octanol–water partition coefficient (Wildman–Crippen LogP) is -3.51. The normalized spacial score (nSPS) is 14.9. The first-order valence-electron chi connectivity index (χ1n) is 8.31. The van der Waals surface area contributed by atoms with Crippen LogP contribution in [0, 0.1) is 0 Å². The molecule has 160 valence electrons. The second kappa shape index (κ2) is 12.9. The lowest BCUT2D eigenvalue weighted by atomic mass is 10.1. The van der Waals surface area contributed by atoms with E-state index < -0.39 is 66.8 Å². The van der Waals surface area contributed by atoms with Crippen molar-refractivity contribution < 1.29 is 34.2 Å². The molecule has 0 rings (SSSR count). The number of aliphatic hydroxyl groups is 1. The average Bonchev–Trinajstić information content (AvgIpc) is 2.61. The highest BCUT2D eigenvalue weighted by molar-refractivity contribution is 7.98. The molecule has 0 aromatic heterocycles. The minimum Gasteiger partial charge on any atom is -0.480 e. The van der Waals surface area contributed by atoms with Crippen LogP contribution >= 0.6 is 11.8 Å². The standard InChI is InChI=1S/C15H27N5O7S/c1-7(16)12(23)20-10(6-21)14(25)19-9(5-11(17)22)13(24)18-8(15(26)27)3-4-28-2/h7-10,21H,3-6,16H2,1-2H3,(H2,17,22)(H,18,24)(H,19,25)(H,20,23)(H,26,27). The summed E-state index contributed by atoms with van der Waals surface area (Å²) in [7, 11) is 0. The Morgan fingerprint density at radius 3 is 1.89 bits per heavy atom. The van der Waals surface area contributed by atoms with Crippen molar-refractivity contribution in [2.75, 3.05) is 18.6 Å². The number of primary amides is 1. The number of carbonyl (C=O) groups excluding carboxylic acids is 4. The molecule has 0 bridgehead atoms. The van der Waals surface area contributed by atoms with Crippen molar-refractivity contribution in [3.8, 4) is 0 Å². The van der Waals surface area contributed by atoms with Gasteiger partial charge in [-0.1, -0.05) is 0 Å². The molecule has 0 radical (unpaired) electrons. The zero-order chi connectivity index (χ0) is 21.9. The number of nitrogens with two attached hydrogens (primary N) is 2. The predicted molar refractivity (Wildman–Crippen MR) is 101 cm³/mol. The molecule has 0 aromatic rings. The van der Waals surface area contributed by atoms with Crippen LogP contribution in [-0.4, -0.2) is 82.6 Å². The van der Waals surface area contributed by atoms with Gasteiger partial charge in [0.25, 0.3) is 0 Å². The van der Waals surface area contributed by atoms with E-state index in [0.717, 1.165) is 0 Å². The molecule has 0 aliphatic rings. The van der Waals surface area contributed by atoms with Gasteiger partial charge in [0.15, 0.2) is 0 Å². The topological polar surface area (TPSA) is 214 Å². The fraction of sp³-hybridized carbons (Fsp3) is 0.667. The molecule has 0 fully saturated rings. The van der Waals surface area contributed by atoms with Gasteiger partial charge in [0, 0.05) is 0 Å². The van der Waals surface area contributed by atoms with E-state index in [4.69, 9.17) is 11.5 Å². The Morgan fingerprint density at radius 2 is 1.46 bits per heavy atom. The maximum absolute atomic E-state index is 12.4. The first-order valence-corrected chi connectivity index (χ1v) is 9.70. The van der Waals surface area contributed by atoms with Crippen LogP contribution in [0.2, 0.25) is 0 Å². The van der Waals surface area contributed by atoms with E-state index >= 15 is 0 Å². The fourth-order valence-electron chi connectivity index (χ4n) is 1.95. The Hall–Kier alpha value is -2.38. The van der Waals surface area contributed by atoms with Gasteiger partial charge < -0.3 is 37.6 Å². The molecule has 0 spiro atoms. The zero-order valence-electron chi connectivity index (χ0n) is 15.6. The molecular formula is C15H27N5O7S. The molecule has 0 aromatic carbocycles. The molecule has 13 heteroatoms. The summed E-state index contributed by atoms with van der Waals surface area (Å²) in [6, 6.07) is -5.08. The Bertz CT molecular complexity index is 587. The number of thioether (sulfide) groups is 1. The van der Waals surface area contributed by atoms with E-state index in [1.165, 1.54) is 18.7 Å². The van der Waals surface area contributed by atoms with Crippen molar-refractivity contribution in [1.82, 2.24) is 16.0 Å². The smallest absolute Gasteiger partial charge is 0.326 e. The number of aliphatic carboxylic acids is 1. The third-order valence-electron chi connectivity index (χ3n) is 3.49. The summed E-state index contributed by atoms with van der Waals surface area (Å²) in [4.78, 5) is 58.7. The van der Waals surface area contributed by atoms with Gasteiger partial charge in [0.1, 0.15) is 18.1 Å². The van der Waals surface area contributed by atoms with Gasteiger partial charge in [-0.25, -0.2) is 4.79 Å². The summed E-state index contributed by atoms with van der Waals surface area (Å²) < 4.78 is 0.